The van der Waals surface area contributed by atoms with Crippen LogP contribution >= 0.6 is 0 Å². The van der Waals surface area contributed by atoms with Gasteiger partial charge >= 0.3 is 0 Å². The van der Waals surface area contributed by atoms with Crippen LogP contribution in [0.5, 0.6) is 0 Å². The molecule has 0 saturated carbocycles. The largest absolute Gasteiger partial charge is 0.349 e. The van der Waals surface area contributed by atoms with Crippen LogP contribution in [0, 0.1) is 0 Å². The number of amides is 2. The van der Waals surface area contributed by atoms with Crippen molar-refractivity contribution in [3.05, 3.63) is 83.4 Å². The zero-order valence-corrected chi connectivity index (χ0v) is 17.9. The van der Waals surface area contributed by atoms with Crippen LogP contribution in [0.2, 0.25) is 0 Å². The summed E-state index contributed by atoms with van der Waals surface area (Å²) in [7, 11) is 0. The third-order valence-electron chi connectivity index (χ3n) is 6.16. The number of aryl methyl sites for hydroxylation is 1. The lowest BCUT2D eigenvalue weighted by atomic mass is 10.0. The van der Waals surface area contributed by atoms with Crippen LogP contribution < -0.4 is 10.6 Å². The van der Waals surface area contributed by atoms with E-state index < -0.39 is 0 Å². The van der Waals surface area contributed by atoms with Gasteiger partial charge in [-0.05, 0) is 48.9 Å². The monoisotopic (exact) mass is 417 g/mol. The van der Waals surface area contributed by atoms with E-state index in [0.717, 1.165) is 38.6 Å². The first kappa shape index (κ1) is 21.3. The average molecular weight is 418 g/mol. The van der Waals surface area contributed by atoms with Gasteiger partial charge in [-0.1, -0.05) is 67.1 Å². The fourth-order valence-corrected chi connectivity index (χ4v) is 4.34. The first-order chi connectivity index (χ1) is 15.2. The number of piperidine rings is 1. The second kappa shape index (κ2) is 10.4. The van der Waals surface area contributed by atoms with E-state index in [1.807, 2.05) is 41.3 Å². The van der Waals surface area contributed by atoms with Gasteiger partial charge in [0.2, 0.25) is 11.8 Å². The number of fused-ring (bicyclic) bond motifs is 1. The molecule has 0 radical (unpaired) electrons. The summed E-state index contributed by atoms with van der Waals surface area (Å²) in [4.78, 5) is 27.4. The van der Waals surface area contributed by atoms with Gasteiger partial charge in [0, 0.05) is 25.2 Å². The van der Waals surface area contributed by atoms with E-state index in [0.29, 0.717) is 13.1 Å². The maximum atomic E-state index is 12.8. The molecule has 5 heteroatoms. The number of nitrogens with one attached hydrogen (secondary N) is 2. The van der Waals surface area contributed by atoms with E-state index in [2.05, 4.69) is 34.9 Å². The van der Waals surface area contributed by atoms with Gasteiger partial charge in [-0.25, -0.2) is 0 Å². The Morgan fingerprint density at radius 3 is 2.42 bits per heavy atom. The zero-order chi connectivity index (χ0) is 21.5. The Kier molecular flexibility index (Phi) is 7.15. The molecule has 162 valence electrons. The zero-order valence-electron chi connectivity index (χ0n) is 17.9. The maximum absolute atomic E-state index is 12.8. The molecular weight excluding hydrogens is 386 g/mol. The van der Waals surface area contributed by atoms with Crippen molar-refractivity contribution in [1.29, 1.82) is 0 Å². The van der Waals surface area contributed by atoms with Crippen molar-refractivity contribution in [3.63, 3.8) is 0 Å². The molecule has 4 rings (SSSR count). The van der Waals surface area contributed by atoms with E-state index in [1.54, 1.807) is 6.08 Å². The maximum Gasteiger partial charge on any atom is 0.246 e. The van der Waals surface area contributed by atoms with Crippen molar-refractivity contribution in [3.8, 4) is 0 Å². The Bertz CT molecular complexity index is 894. The van der Waals surface area contributed by atoms with Crippen LogP contribution in [0.4, 0.5) is 0 Å². The molecule has 2 aliphatic heterocycles. The van der Waals surface area contributed by atoms with Crippen LogP contribution in [0.1, 0.15) is 42.4 Å². The van der Waals surface area contributed by atoms with Crippen molar-refractivity contribution in [2.24, 2.45) is 0 Å². The second-order valence-electron chi connectivity index (χ2n) is 8.46. The number of benzene rings is 2. The number of nitrogens with zero attached hydrogens (tertiary/aromatic N) is 1. The molecule has 2 amide bonds. The smallest absolute Gasteiger partial charge is 0.246 e. The fourth-order valence-electron chi connectivity index (χ4n) is 4.34. The van der Waals surface area contributed by atoms with Gasteiger partial charge in [0.25, 0.3) is 0 Å². The SMILES string of the molecule is O=C(NC(C=CC(=O)N1Cc2ccccc2C1)CCc1ccccc1)C1CCCCN1. The predicted octanol–water partition coefficient (Wildman–Crippen LogP) is 3.34. The second-order valence-corrected chi connectivity index (χ2v) is 8.46. The van der Waals surface area contributed by atoms with Gasteiger partial charge in [-0.2, -0.15) is 0 Å². The Hall–Kier alpha value is -2.92. The Balaban J connectivity index is 1.39. The summed E-state index contributed by atoms with van der Waals surface area (Å²) in [5.41, 5.74) is 3.65. The third kappa shape index (κ3) is 5.82. The Morgan fingerprint density at radius 1 is 1.03 bits per heavy atom. The summed E-state index contributed by atoms with van der Waals surface area (Å²) in [6, 6.07) is 18.1. The Labute approximate surface area is 184 Å². The number of hydrogen-bond acceptors (Lipinski definition) is 3. The lowest BCUT2D eigenvalue weighted by molar-refractivity contribution is -0.127. The van der Waals surface area contributed by atoms with Crippen molar-refractivity contribution in [2.75, 3.05) is 6.54 Å². The molecule has 2 N–H and O–H groups in total. The Morgan fingerprint density at radius 2 is 1.74 bits per heavy atom. The molecule has 2 heterocycles. The van der Waals surface area contributed by atoms with Gasteiger partial charge in [-0.15, -0.1) is 0 Å². The third-order valence-corrected chi connectivity index (χ3v) is 6.16. The highest BCUT2D eigenvalue weighted by molar-refractivity contribution is 5.88. The van der Waals surface area contributed by atoms with Gasteiger partial charge in [0.1, 0.15) is 0 Å². The molecular formula is C26H31N3O2. The molecule has 2 aromatic rings. The molecule has 1 saturated heterocycles. The lowest BCUT2D eigenvalue weighted by Gasteiger charge is -2.25. The van der Waals surface area contributed by atoms with E-state index in [-0.39, 0.29) is 23.9 Å². The first-order valence-corrected chi connectivity index (χ1v) is 11.3. The molecule has 0 aromatic heterocycles. The standard InChI is InChI=1S/C26H31N3O2/c30-25(29-18-21-10-4-5-11-22(21)19-29)16-15-23(14-13-20-8-2-1-3-9-20)28-26(31)24-12-6-7-17-27-24/h1-5,8-11,15-16,23-24,27H,6-7,12-14,17-19H2,(H,28,31). The minimum atomic E-state index is -0.176. The quantitative estimate of drug-likeness (QED) is 0.680. The number of carbonyl (C=O) groups excluding carboxylic acids is 2. The normalized spacial score (nSPS) is 19.2. The highest BCUT2D eigenvalue weighted by Crippen LogP contribution is 2.22. The van der Waals surface area contributed by atoms with Gasteiger partial charge in [0.15, 0.2) is 0 Å². The van der Waals surface area contributed by atoms with Crippen molar-refractivity contribution in [2.45, 2.75) is 57.3 Å². The lowest BCUT2D eigenvalue weighted by Crippen LogP contribution is -2.49. The van der Waals surface area contributed by atoms with Crippen molar-refractivity contribution < 1.29 is 9.59 Å². The summed E-state index contributed by atoms with van der Waals surface area (Å²) in [5, 5.41) is 6.47. The van der Waals surface area contributed by atoms with Crippen molar-refractivity contribution >= 4 is 11.8 Å². The minimum absolute atomic E-state index is 0.00838. The highest BCUT2D eigenvalue weighted by Gasteiger charge is 2.24. The molecule has 0 spiro atoms. The number of carbonyl (C=O) groups is 2. The van der Waals surface area contributed by atoms with E-state index in [9.17, 15) is 9.59 Å². The summed E-state index contributed by atoms with van der Waals surface area (Å²) in [6.45, 7) is 2.18. The molecule has 2 unspecified atom stereocenters. The summed E-state index contributed by atoms with van der Waals surface area (Å²) in [6.07, 6.45) is 8.17. The predicted molar refractivity (Wildman–Crippen MR) is 122 cm³/mol. The molecule has 31 heavy (non-hydrogen) atoms. The minimum Gasteiger partial charge on any atom is -0.349 e. The molecule has 2 aromatic carbocycles. The summed E-state index contributed by atoms with van der Waals surface area (Å²) >= 11 is 0. The van der Waals surface area contributed by atoms with Gasteiger partial charge in [0.05, 0.1) is 6.04 Å². The van der Waals surface area contributed by atoms with E-state index >= 15 is 0 Å². The van der Waals surface area contributed by atoms with E-state index in [1.165, 1.54) is 16.7 Å². The molecule has 1 fully saturated rings. The van der Waals surface area contributed by atoms with Gasteiger partial charge < -0.3 is 15.5 Å². The molecule has 5 nitrogen and oxygen atoms in total. The fraction of sp³-hybridized carbons (Fsp3) is 0.385. The van der Waals surface area contributed by atoms with E-state index in [4.69, 9.17) is 0 Å². The summed E-state index contributed by atoms with van der Waals surface area (Å²) in [5.74, 6) is 0.0226. The van der Waals surface area contributed by atoms with Crippen LogP contribution in [-0.2, 0) is 29.1 Å². The van der Waals surface area contributed by atoms with Crippen LogP contribution in [0.25, 0.3) is 0 Å². The molecule has 0 bridgehead atoms. The van der Waals surface area contributed by atoms with Crippen LogP contribution in [0.15, 0.2) is 66.7 Å². The molecule has 2 atom stereocenters. The van der Waals surface area contributed by atoms with Gasteiger partial charge in [-0.3, -0.25) is 9.59 Å². The molecule has 0 aliphatic carbocycles. The van der Waals surface area contributed by atoms with Crippen LogP contribution in [0.3, 0.4) is 0 Å². The number of rotatable bonds is 7. The molecule has 2 aliphatic rings. The van der Waals surface area contributed by atoms with Crippen molar-refractivity contribution in [1.82, 2.24) is 15.5 Å². The summed E-state index contributed by atoms with van der Waals surface area (Å²) < 4.78 is 0. The number of hydrogen-bond donors (Lipinski definition) is 2. The topological polar surface area (TPSA) is 61.4 Å². The van der Waals surface area contributed by atoms with Crippen LogP contribution in [-0.4, -0.2) is 35.3 Å². The average Bonchev–Trinajstić information content (AvgIpc) is 3.26. The highest BCUT2D eigenvalue weighted by atomic mass is 16.2. The first-order valence-electron chi connectivity index (χ1n) is 11.3.